The molecule has 0 amide bonds. The maximum Gasteiger partial charge on any atom is 0.345 e. The molecule has 0 aliphatic rings. The van der Waals surface area contributed by atoms with Crippen LogP contribution in [0.3, 0.4) is 0 Å². The molecule has 7 heteroatoms. The molecule has 2 aromatic heterocycles. The van der Waals surface area contributed by atoms with Crippen molar-refractivity contribution in [3.63, 3.8) is 0 Å². The highest BCUT2D eigenvalue weighted by molar-refractivity contribution is 7.14. The van der Waals surface area contributed by atoms with Gasteiger partial charge in [0.15, 0.2) is 0 Å². The summed E-state index contributed by atoms with van der Waals surface area (Å²) in [6.07, 6.45) is 1.62. The lowest BCUT2D eigenvalue weighted by atomic mass is 10.1. The fraction of sp³-hybridized carbons (Fsp3) is 0. The van der Waals surface area contributed by atoms with Crippen LogP contribution >= 0.6 is 22.9 Å². The van der Waals surface area contributed by atoms with Gasteiger partial charge in [0, 0.05) is 21.4 Å². The van der Waals surface area contributed by atoms with Crippen molar-refractivity contribution in [3.05, 3.63) is 81.0 Å². The van der Waals surface area contributed by atoms with Crippen LogP contribution in [0.15, 0.2) is 74.3 Å². The second-order valence-corrected chi connectivity index (χ2v) is 6.68. The van der Waals surface area contributed by atoms with Gasteiger partial charge in [-0.25, -0.2) is 9.78 Å². The molecule has 0 bridgehead atoms. The van der Waals surface area contributed by atoms with Gasteiger partial charge in [0.05, 0.1) is 17.5 Å². The SMILES string of the molecule is O=c1oc2ccccc2cc1-c1csc(NN=Cc2ccccc2Cl)n1. The van der Waals surface area contributed by atoms with Crippen molar-refractivity contribution in [2.24, 2.45) is 5.10 Å². The van der Waals surface area contributed by atoms with Crippen LogP contribution in [-0.2, 0) is 0 Å². The largest absolute Gasteiger partial charge is 0.422 e. The summed E-state index contributed by atoms with van der Waals surface area (Å²) in [6, 6.07) is 16.6. The summed E-state index contributed by atoms with van der Waals surface area (Å²) in [6.45, 7) is 0. The molecule has 2 heterocycles. The summed E-state index contributed by atoms with van der Waals surface area (Å²) in [5.74, 6) is 0. The molecule has 4 aromatic rings. The molecule has 5 nitrogen and oxygen atoms in total. The minimum Gasteiger partial charge on any atom is -0.422 e. The molecule has 4 rings (SSSR count). The number of hydrogen-bond donors (Lipinski definition) is 1. The Hall–Kier alpha value is -2.96. The van der Waals surface area contributed by atoms with E-state index >= 15 is 0 Å². The zero-order valence-corrected chi connectivity index (χ0v) is 14.9. The van der Waals surface area contributed by atoms with Crippen LogP contribution in [0.5, 0.6) is 0 Å². The average molecular weight is 382 g/mol. The molecule has 128 valence electrons. The van der Waals surface area contributed by atoms with E-state index in [1.807, 2.05) is 36.4 Å². The van der Waals surface area contributed by atoms with Gasteiger partial charge >= 0.3 is 5.63 Å². The van der Waals surface area contributed by atoms with E-state index in [2.05, 4.69) is 15.5 Å². The molecule has 2 aromatic carbocycles. The van der Waals surface area contributed by atoms with E-state index in [4.69, 9.17) is 16.0 Å². The molecule has 0 saturated carbocycles. The minimum absolute atomic E-state index is 0.417. The Balaban J connectivity index is 1.58. The summed E-state index contributed by atoms with van der Waals surface area (Å²) in [7, 11) is 0. The molecule has 0 saturated heterocycles. The molecule has 0 fully saturated rings. The van der Waals surface area contributed by atoms with Gasteiger partial charge in [-0.05, 0) is 18.2 Å². The van der Waals surface area contributed by atoms with Crippen molar-refractivity contribution in [3.8, 4) is 11.3 Å². The van der Waals surface area contributed by atoms with E-state index < -0.39 is 5.63 Å². The number of thiazole rings is 1. The first-order valence-corrected chi connectivity index (χ1v) is 8.99. The van der Waals surface area contributed by atoms with Crippen LogP contribution in [0.1, 0.15) is 5.56 Å². The van der Waals surface area contributed by atoms with Crippen molar-refractivity contribution in [1.29, 1.82) is 0 Å². The van der Waals surface area contributed by atoms with Crippen LogP contribution in [0.2, 0.25) is 5.02 Å². The van der Waals surface area contributed by atoms with Crippen LogP contribution in [-0.4, -0.2) is 11.2 Å². The molecule has 1 N–H and O–H groups in total. The van der Waals surface area contributed by atoms with Crippen molar-refractivity contribution in [2.45, 2.75) is 0 Å². The lowest BCUT2D eigenvalue weighted by molar-refractivity contribution is 0.563. The zero-order valence-electron chi connectivity index (χ0n) is 13.3. The Morgan fingerprint density at radius 2 is 1.96 bits per heavy atom. The van der Waals surface area contributed by atoms with Crippen molar-refractivity contribution in [2.75, 3.05) is 5.43 Å². The van der Waals surface area contributed by atoms with E-state index in [-0.39, 0.29) is 0 Å². The Labute approximate surface area is 157 Å². The number of hydrogen-bond acceptors (Lipinski definition) is 6. The normalized spacial score (nSPS) is 11.3. The lowest BCUT2D eigenvalue weighted by Crippen LogP contribution is -2.02. The number of para-hydroxylation sites is 1. The van der Waals surface area contributed by atoms with Crippen LogP contribution in [0.25, 0.3) is 22.2 Å². The monoisotopic (exact) mass is 381 g/mol. The van der Waals surface area contributed by atoms with Crippen LogP contribution in [0.4, 0.5) is 5.13 Å². The van der Waals surface area contributed by atoms with Crippen LogP contribution < -0.4 is 11.1 Å². The molecule has 0 atom stereocenters. The molecule has 0 aliphatic carbocycles. The first-order valence-electron chi connectivity index (χ1n) is 7.73. The van der Waals surface area contributed by atoms with Gasteiger partial charge in [0.25, 0.3) is 0 Å². The fourth-order valence-electron chi connectivity index (χ4n) is 2.43. The third-order valence-electron chi connectivity index (χ3n) is 3.69. The number of hydrazone groups is 1. The van der Waals surface area contributed by atoms with Gasteiger partial charge < -0.3 is 4.42 Å². The highest BCUT2D eigenvalue weighted by Crippen LogP contribution is 2.25. The van der Waals surface area contributed by atoms with Gasteiger partial charge in [-0.15, -0.1) is 11.3 Å². The molecule has 26 heavy (non-hydrogen) atoms. The number of halogens is 1. The second kappa shape index (κ2) is 7.11. The van der Waals surface area contributed by atoms with E-state index in [0.717, 1.165) is 10.9 Å². The standard InChI is InChI=1S/C19H12ClN3O2S/c20-15-7-3-1-6-13(15)10-21-23-19-22-16(11-26-19)14-9-12-5-2-4-8-17(12)25-18(14)24/h1-11H,(H,22,23). The molecule has 0 radical (unpaired) electrons. The number of fused-ring (bicyclic) bond motifs is 1. The number of nitrogens with zero attached hydrogens (tertiary/aromatic N) is 2. The second-order valence-electron chi connectivity index (χ2n) is 5.41. The van der Waals surface area contributed by atoms with Gasteiger partial charge in [0.1, 0.15) is 5.58 Å². The predicted octanol–water partition coefficient (Wildman–Crippen LogP) is 5.02. The number of benzene rings is 2. The van der Waals surface area contributed by atoms with Crippen molar-refractivity contribution >= 4 is 45.3 Å². The number of rotatable bonds is 4. The Morgan fingerprint density at radius 1 is 1.15 bits per heavy atom. The Bertz CT molecular complexity index is 1170. The Kier molecular flexibility index (Phi) is 4.51. The molecular weight excluding hydrogens is 370 g/mol. The smallest absolute Gasteiger partial charge is 0.345 e. The topological polar surface area (TPSA) is 67.5 Å². The highest BCUT2D eigenvalue weighted by Gasteiger charge is 2.11. The summed E-state index contributed by atoms with van der Waals surface area (Å²) in [5.41, 5.74) is 4.76. The fourth-order valence-corrected chi connectivity index (χ4v) is 3.27. The van der Waals surface area contributed by atoms with Gasteiger partial charge in [-0.1, -0.05) is 48.0 Å². The summed E-state index contributed by atoms with van der Waals surface area (Å²) >= 11 is 7.43. The first kappa shape index (κ1) is 16.5. The first-order chi connectivity index (χ1) is 12.7. The average Bonchev–Trinajstić information content (AvgIpc) is 3.11. The third-order valence-corrected chi connectivity index (χ3v) is 4.78. The molecule has 0 unspecified atom stereocenters. The maximum absolute atomic E-state index is 12.2. The number of aromatic nitrogens is 1. The quantitative estimate of drug-likeness (QED) is 0.306. The number of anilines is 1. The summed E-state index contributed by atoms with van der Waals surface area (Å²) in [4.78, 5) is 16.6. The van der Waals surface area contributed by atoms with Gasteiger partial charge in [0.2, 0.25) is 5.13 Å². The maximum atomic E-state index is 12.2. The number of nitrogens with one attached hydrogen (secondary N) is 1. The van der Waals surface area contributed by atoms with Crippen LogP contribution in [0, 0.1) is 0 Å². The van der Waals surface area contributed by atoms with Crippen molar-refractivity contribution < 1.29 is 4.42 Å². The Morgan fingerprint density at radius 3 is 2.85 bits per heavy atom. The van der Waals surface area contributed by atoms with E-state index in [1.165, 1.54) is 11.3 Å². The third kappa shape index (κ3) is 3.37. The minimum atomic E-state index is -0.417. The lowest BCUT2D eigenvalue weighted by Gasteiger charge is -1.99. The highest BCUT2D eigenvalue weighted by atomic mass is 35.5. The predicted molar refractivity (Wildman–Crippen MR) is 106 cm³/mol. The molecular formula is C19H12ClN3O2S. The summed E-state index contributed by atoms with van der Waals surface area (Å²) < 4.78 is 5.35. The van der Waals surface area contributed by atoms with E-state index in [9.17, 15) is 4.79 Å². The van der Waals surface area contributed by atoms with Gasteiger partial charge in [-0.2, -0.15) is 5.10 Å². The van der Waals surface area contributed by atoms with Crippen molar-refractivity contribution in [1.82, 2.24) is 4.98 Å². The molecule has 0 aliphatic heterocycles. The molecule has 0 spiro atoms. The van der Waals surface area contributed by atoms with E-state index in [1.54, 1.807) is 29.8 Å². The summed E-state index contributed by atoms with van der Waals surface area (Å²) in [5, 5.41) is 7.96. The zero-order chi connectivity index (χ0) is 17.9. The van der Waals surface area contributed by atoms with Gasteiger partial charge in [-0.3, -0.25) is 5.43 Å². The van der Waals surface area contributed by atoms with E-state index in [0.29, 0.717) is 27.0 Å².